The SMILES string of the molecule is O=c1c2ccccc2sn1-c1ccc2cc[nH]c2c1. The minimum atomic E-state index is 0.0477. The molecule has 4 rings (SSSR count). The molecule has 0 aliphatic carbocycles. The number of H-pyrrole nitrogens is 1. The van der Waals surface area contributed by atoms with Gasteiger partial charge in [-0.15, -0.1) is 0 Å². The summed E-state index contributed by atoms with van der Waals surface area (Å²) in [7, 11) is 0. The van der Waals surface area contributed by atoms with Crippen LogP contribution in [0.1, 0.15) is 0 Å². The Morgan fingerprint density at radius 2 is 1.95 bits per heavy atom. The van der Waals surface area contributed by atoms with E-state index >= 15 is 0 Å². The molecule has 0 aliphatic rings. The van der Waals surface area contributed by atoms with E-state index in [1.807, 2.05) is 54.7 Å². The van der Waals surface area contributed by atoms with E-state index in [-0.39, 0.29) is 5.56 Å². The first kappa shape index (κ1) is 10.6. The van der Waals surface area contributed by atoms with E-state index in [0.717, 1.165) is 26.7 Å². The highest BCUT2D eigenvalue weighted by Gasteiger charge is 2.08. The van der Waals surface area contributed by atoms with Gasteiger partial charge in [-0.3, -0.25) is 4.79 Å². The monoisotopic (exact) mass is 266 g/mol. The molecule has 19 heavy (non-hydrogen) atoms. The van der Waals surface area contributed by atoms with Crippen molar-refractivity contribution in [3.8, 4) is 5.69 Å². The number of aromatic nitrogens is 2. The number of nitrogens with one attached hydrogen (secondary N) is 1. The van der Waals surface area contributed by atoms with E-state index < -0.39 is 0 Å². The van der Waals surface area contributed by atoms with Crippen molar-refractivity contribution in [1.82, 2.24) is 8.94 Å². The molecule has 0 amide bonds. The zero-order valence-electron chi connectivity index (χ0n) is 9.96. The third-order valence-electron chi connectivity index (χ3n) is 3.26. The standard InChI is InChI=1S/C15H10N2OS/c18-15-12-3-1-2-4-14(12)19-17(15)11-6-5-10-7-8-16-13(10)9-11/h1-9,16H. The highest BCUT2D eigenvalue weighted by molar-refractivity contribution is 7.14. The molecule has 2 aromatic carbocycles. The highest BCUT2D eigenvalue weighted by Crippen LogP contribution is 2.22. The average molecular weight is 266 g/mol. The lowest BCUT2D eigenvalue weighted by atomic mass is 10.2. The summed E-state index contributed by atoms with van der Waals surface area (Å²) in [6.07, 6.45) is 1.90. The smallest absolute Gasteiger partial charge is 0.273 e. The van der Waals surface area contributed by atoms with Crippen molar-refractivity contribution in [3.05, 3.63) is 65.1 Å². The lowest BCUT2D eigenvalue weighted by Gasteiger charge is -2.00. The third kappa shape index (κ3) is 1.54. The summed E-state index contributed by atoms with van der Waals surface area (Å²) >= 11 is 1.48. The van der Waals surface area contributed by atoms with E-state index in [0.29, 0.717) is 0 Å². The first-order valence-electron chi connectivity index (χ1n) is 6.01. The molecule has 1 N–H and O–H groups in total. The van der Waals surface area contributed by atoms with Gasteiger partial charge in [0.2, 0.25) is 0 Å². The van der Waals surface area contributed by atoms with Crippen LogP contribution in [0.25, 0.3) is 26.7 Å². The molecule has 0 saturated carbocycles. The first-order valence-corrected chi connectivity index (χ1v) is 6.79. The van der Waals surface area contributed by atoms with Gasteiger partial charge < -0.3 is 4.98 Å². The Labute approximate surface area is 112 Å². The average Bonchev–Trinajstić information content (AvgIpc) is 3.03. The van der Waals surface area contributed by atoms with E-state index in [1.165, 1.54) is 11.5 Å². The summed E-state index contributed by atoms with van der Waals surface area (Å²) in [5.41, 5.74) is 1.99. The molecule has 2 aromatic heterocycles. The minimum absolute atomic E-state index is 0.0477. The fourth-order valence-electron chi connectivity index (χ4n) is 2.30. The van der Waals surface area contributed by atoms with Crippen molar-refractivity contribution < 1.29 is 0 Å². The molecule has 0 fully saturated rings. The fraction of sp³-hybridized carbons (Fsp3) is 0. The highest BCUT2D eigenvalue weighted by atomic mass is 32.1. The Balaban J connectivity index is 2.03. The van der Waals surface area contributed by atoms with Crippen molar-refractivity contribution in [1.29, 1.82) is 0 Å². The van der Waals surface area contributed by atoms with Crippen molar-refractivity contribution in [3.63, 3.8) is 0 Å². The van der Waals surface area contributed by atoms with Gasteiger partial charge in [-0.2, -0.15) is 0 Å². The second-order valence-electron chi connectivity index (χ2n) is 4.44. The van der Waals surface area contributed by atoms with Crippen LogP contribution >= 0.6 is 11.5 Å². The molecule has 4 aromatic rings. The Hall–Kier alpha value is -2.33. The van der Waals surface area contributed by atoms with E-state index in [2.05, 4.69) is 4.98 Å². The van der Waals surface area contributed by atoms with Crippen LogP contribution in [0.2, 0.25) is 0 Å². The number of hydrogen-bond acceptors (Lipinski definition) is 2. The second-order valence-corrected chi connectivity index (χ2v) is 5.42. The van der Waals surface area contributed by atoms with Gasteiger partial charge in [0.05, 0.1) is 15.8 Å². The third-order valence-corrected chi connectivity index (χ3v) is 4.38. The lowest BCUT2D eigenvalue weighted by molar-refractivity contribution is 1.15. The molecule has 3 nitrogen and oxygen atoms in total. The number of hydrogen-bond donors (Lipinski definition) is 1. The Bertz CT molecular complexity index is 945. The maximum atomic E-state index is 12.4. The molecule has 0 bridgehead atoms. The van der Waals surface area contributed by atoms with Gasteiger partial charge in [0, 0.05) is 11.7 Å². The number of benzene rings is 2. The summed E-state index contributed by atoms with van der Waals surface area (Å²) in [5, 5.41) is 1.93. The zero-order valence-corrected chi connectivity index (χ0v) is 10.8. The summed E-state index contributed by atoms with van der Waals surface area (Å²) in [6, 6.07) is 15.7. The molecule has 0 spiro atoms. The van der Waals surface area contributed by atoms with Crippen molar-refractivity contribution in [2.75, 3.05) is 0 Å². The first-order chi connectivity index (χ1) is 9.33. The molecule has 0 atom stereocenters. The molecule has 2 heterocycles. The fourth-order valence-corrected chi connectivity index (χ4v) is 3.29. The van der Waals surface area contributed by atoms with Gasteiger partial charge in [-0.25, -0.2) is 3.96 Å². The number of nitrogens with zero attached hydrogens (tertiary/aromatic N) is 1. The van der Waals surface area contributed by atoms with Crippen LogP contribution in [0, 0.1) is 0 Å². The second kappa shape index (κ2) is 3.83. The Morgan fingerprint density at radius 1 is 1.05 bits per heavy atom. The normalized spacial score (nSPS) is 11.4. The molecule has 0 unspecified atom stereocenters. The molecule has 4 heteroatoms. The molecule has 92 valence electrons. The van der Waals surface area contributed by atoms with Crippen molar-refractivity contribution in [2.45, 2.75) is 0 Å². The predicted octanol–water partition coefficient (Wildman–Crippen LogP) is 3.53. The quantitative estimate of drug-likeness (QED) is 0.562. The maximum Gasteiger partial charge on any atom is 0.273 e. The summed E-state index contributed by atoms with van der Waals surface area (Å²) < 4.78 is 2.75. The minimum Gasteiger partial charge on any atom is -0.361 e. The van der Waals surface area contributed by atoms with Crippen LogP contribution in [-0.4, -0.2) is 8.94 Å². The van der Waals surface area contributed by atoms with Gasteiger partial charge in [0.1, 0.15) is 0 Å². The number of fused-ring (bicyclic) bond motifs is 2. The van der Waals surface area contributed by atoms with Crippen LogP contribution in [-0.2, 0) is 0 Å². The van der Waals surface area contributed by atoms with E-state index in [4.69, 9.17) is 0 Å². The number of rotatable bonds is 1. The van der Waals surface area contributed by atoms with Crippen LogP contribution in [0.5, 0.6) is 0 Å². The largest absolute Gasteiger partial charge is 0.361 e. The molecular formula is C15H10N2OS. The van der Waals surface area contributed by atoms with Crippen LogP contribution in [0.4, 0.5) is 0 Å². The van der Waals surface area contributed by atoms with Crippen LogP contribution in [0.15, 0.2) is 59.5 Å². The summed E-state index contributed by atoms with van der Waals surface area (Å²) in [6.45, 7) is 0. The molecule has 0 saturated heterocycles. The van der Waals surface area contributed by atoms with Gasteiger partial charge in [0.15, 0.2) is 0 Å². The predicted molar refractivity (Wildman–Crippen MR) is 79.3 cm³/mol. The molecular weight excluding hydrogens is 256 g/mol. The topological polar surface area (TPSA) is 37.8 Å². The van der Waals surface area contributed by atoms with Crippen LogP contribution < -0.4 is 5.56 Å². The molecule has 0 aliphatic heterocycles. The van der Waals surface area contributed by atoms with Gasteiger partial charge in [-0.1, -0.05) is 29.7 Å². The number of aromatic amines is 1. The Morgan fingerprint density at radius 3 is 2.84 bits per heavy atom. The maximum absolute atomic E-state index is 12.4. The lowest BCUT2D eigenvalue weighted by Crippen LogP contribution is -2.10. The van der Waals surface area contributed by atoms with E-state index in [1.54, 1.807) is 3.96 Å². The Kier molecular flexibility index (Phi) is 2.13. The van der Waals surface area contributed by atoms with Crippen LogP contribution in [0.3, 0.4) is 0 Å². The van der Waals surface area contributed by atoms with Crippen molar-refractivity contribution in [2.24, 2.45) is 0 Å². The van der Waals surface area contributed by atoms with Gasteiger partial charge in [0.25, 0.3) is 5.56 Å². The van der Waals surface area contributed by atoms with Gasteiger partial charge >= 0.3 is 0 Å². The molecule has 0 radical (unpaired) electrons. The van der Waals surface area contributed by atoms with Crippen molar-refractivity contribution >= 4 is 32.5 Å². The summed E-state index contributed by atoms with van der Waals surface area (Å²) in [5.74, 6) is 0. The zero-order chi connectivity index (χ0) is 12.8. The van der Waals surface area contributed by atoms with Gasteiger partial charge in [-0.05, 0) is 35.7 Å². The van der Waals surface area contributed by atoms with E-state index in [9.17, 15) is 4.79 Å². The summed E-state index contributed by atoms with van der Waals surface area (Å²) in [4.78, 5) is 15.5.